The van der Waals surface area contributed by atoms with Gasteiger partial charge in [-0.15, -0.1) is 5.59 Å². The molecule has 0 aromatic heterocycles. The highest BCUT2D eigenvalue weighted by Gasteiger charge is 2.27. The standard InChI is InChI=1S/C24H31FN4O7/c1-4-26-24(32)36-29-27-15-16-7-9-17(10-8-16)28-22(23(31)34-6-3)18-13-20(33-5-2)21(14-19(18)25)35-12-11-30/h7-10,13-15,22,28-30H,4-6,11-12H2,1-3H3,(H,26,32)/t22-/m1/s1. The number of anilines is 1. The van der Waals surface area contributed by atoms with Gasteiger partial charge in [0.1, 0.15) is 12.4 Å². The van der Waals surface area contributed by atoms with E-state index in [1.807, 2.05) is 0 Å². The molecule has 0 aliphatic rings. The van der Waals surface area contributed by atoms with Gasteiger partial charge in [-0.25, -0.2) is 14.0 Å². The maximum atomic E-state index is 15.1. The van der Waals surface area contributed by atoms with Crippen LogP contribution in [0.1, 0.15) is 37.9 Å². The van der Waals surface area contributed by atoms with E-state index in [-0.39, 0.29) is 43.5 Å². The molecule has 196 valence electrons. The molecule has 0 spiro atoms. The predicted molar refractivity (Wildman–Crippen MR) is 130 cm³/mol. The molecule has 0 bridgehead atoms. The lowest BCUT2D eigenvalue weighted by Gasteiger charge is -2.21. The molecule has 0 fully saturated rings. The van der Waals surface area contributed by atoms with Gasteiger partial charge in [0.25, 0.3) is 0 Å². The van der Waals surface area contributed by atoms with Gasteiger partial charge in [-0.05, 0) is 44.5 Å². The SMILES string of the molecule is CCNC(=O)ONN=Cc1ccc(N[C@@H](C(=O)OCC)c2cc(OCC)c(OCCO)cc2F)cc1. The molecule has 36 heavy (non-hydrogen) atoms. The molecule has 1 amide bonds. The van der Waals surface area contributed by atoms with Gasteiger partial charge in [0.2, 0.25) is 0 Å². The van der Waals surface area contributed by atoms with Crippen molar-refractivity contribution in [2.75, 3.05) is 38.3 Å². The summed E-state index contributed by atoms with van der Waals surface area (Å²) in [7, 11) is 0. The van der Waals surface area contributed by atoms with Gasteiger partial charge < -0.3 is 34.8 Å². The van der Waals surface area contributed by atoms with Crippen LogP contribution in [0.2, 0.25) is 0 Å². The summed E-state index contributed by atoms with van der Waals surface area (Å²) in [6, 6.07) is 8.02. The summed E-state index contributed by atoms with van der Waals surface area (Å²) in [5, 5.41) is 18.2. The number of nitrogens with zero attached hydrogens (tertiary/aromatic N) is 1. The van der Waals surface area contributed by atoms with Crippen LogP contribution in [-0.4, -0.2) is 56.4 Å². The van der Waals surface area contributed by atoms with Gasteiger partial charge in [-0.2, -0.15) is 5.10 Å². The molecular weight excluding hydrogens is 475 g/mol. The number of nitrogens with one attached hydrogen (secondary N) is 3. The van der Waals surface area contributed by atoms with Crippen molar-refractivity contribution >= 4 is 24.0 Å². The number of carbonyl (C=O) groups excluding carboxylic acids is 2. The summed E-state index contributed by atoms with van der Waals surface area (Å²) in [6.45, 7) is 5.68. The van der Waals surface area contributed by atoms with Crippen LogP contribution in [0.4, 0.5) is 14.9 Å². The zero-order valence-electron chi connectivity index (χ0n) is 20.4. The topological polar surface area (TPSA) is 140 Å². The minimum atomic E-state index is -1.18. The van der Waals surface area contributed by atoms with Crippen molar-refractivity contribution < 1.29 is 38.1 Å². The van der Waals surface area contributed by atoms with E-state index < -0.39 is 23.9 Å². The first kappa shape index (κ1) is 28.2. The van der Waals surface area contributed by atoms with Crippen LogP contribution in [-0.2, 0) is 14.4 Å². The van der Waals surface area contributed by atoms with Crippen LogP contribution in [0, 0.1) is 5.82 Å². The second kappa shape index (κ2) is 15.0. The molecule has 0 saturated heterocycles. The number of rotatable bonds is 14. The predicted octanol–water partition coefficient (Wildman–Crippen LogP) is 2.90. The van der Waals surface area contributed by atoms with E-state index in [1.165, 1.54) is 12.3 Å². The summed E-state index contributed by atoms with van der Waals surface area (Å²) in [4.78, 5) is 28.6. The minimum absolute atomic E-state index is 0.00518. The van der Waals surface area contributed by atoms with Crippen molar-refractivity contribution in [3.8, 4) is 11.5 Å². The van der Waals surface area contributed by atoms with E-state index in [9.17, 15) is 9.59 Å². The molecule has 0 aliphatic carbocycles. The minimum Gasteiger partial charge on any atom is -0.490 e. The Balaban J connectivity index is 2.23. The molecule has 2 rings (SSSR count). The van der Waals surface area contributed by atoms with Crippen molar-refractivity contribution in [1.29, 1.82) is 0 Å². The van der Waals surface area contributed by atoms with Gasteiger partial charge in [-0.1, -0.05) is 12.1 Å². The van der Waals surface area contributed by atoms with Gasteiger partial charge >= 0.3 is 12.1 Å². The molecule has 0 heterocycles. The molecule has 12 heteroatoms. The van der Waals surface area contributed by atoms with Gasteiger partial charge in [-0.3, -0.25) is 0 Å². The number of benzene rings is 2. The Labute approximate surface area is 208 Å². The van der Waals surface area contributed by atoms with Crippen molar-refractivity contribution in [1.82, 2.24) is 10.9 Å². The Hall–Kier alpha value is -4.06. The van der Waals surface area contributed by atoms with Gasteiger partial charge in [0.15, 0.2) is 17.5 Å². The second-order valence-electron chi connectivity index (χ2n) is 7.05. The summed E-state index contributed by atoms with van der Waals surface area (Å²) in [6.07, 6.45) is 0.761. The number of hydrogen-bond acceptors (Lipinski definition) is 10. The lowest BCUT2D eigenvalue weighted by molar-refractivity contribution is -0.144. The average molecular weight is 507 g/mol. The van der Waals surface area contributed by atoms with E-state index in [4.69, 9.17) is 19.3 Å². The number of ether oxygens (including phenoxy) is 3. The maximum absolute atomic E-state index is 15.1. The van der Waals surface area contributed by atoms with Crippen molar-refractivity contribution in [2.24, 2.45) is 5.10 Å². The quantitative estimate of drug-likeness (QED) is 0.173. The van der Waals surface area contributed by atoms with Crippen molar-refractivity contribution in [3.63, 3.8) is 0 Å². The van der Waals surface area contributed by atoms with Crippen LogP contribution in [0.3, 0.4) is 0 Å². The zero-order valence-corrected chi connectivity index (χ0v) is 20.4. The highest BCUT2D eigenvalue weighted by Crippen LogP contribution is 2.34. The number of hydrogen-bond donors (Lipinski definition) is 4. The lowest BCUT2D eigenvalue weighted by atomic mass is 10.0. The lowest BCUT2D eigenvalue weighted by Crippen LogP contribution is -2.27. The number of aliphatic hydroxyl groups excluding tert-OH is 1. The van der Waals surface area contributed by atoms with Gasteiger partial charge in [0, 0.05) is 23.9 Å². The number of aliphatic hydroxyl groups is 1. The maximum Gasteiger partial charge on any atom is 0.432 e. The first-order valence-electron chi connectivity index (χ1n) is 11.4. The largest absolute Gasteiger partial charge is 0.490 e. The fourth-order valence-corrected chi connectivity index (χ4v) is 2.98. The van der Waals surface area contributed by atoms with E-state index in [0.29, 0.717) is 17.8 Å². The Kier molecular flexibility index (Phi) is 11.8. The Bertz CT molecular complexity index is 1020. The fraction of sp³-hybridized carbons (Fsp3) is 0.375. The smallest absolute Gasteiger partial charge is 0.432 e. The van der Waals surface area contributed by atoms with Gasteiger partial charge in [0.05, 0.1) is 26.0 Å². The normalized spacial score (nSPS) is 11.5. The van der Waals surface area contributed by atoms with Crippen LogP contribution in [0.15, 0.2) is 41.5 Å². The molecule has 4 N–H and O–H groups in total. The fourth-order valence-electron chi connectivity index (χ4n) is 2.98. The summed E-state index contributed by atoms with van der Waals surface area (Å²) in [5.74, 6) is -1.05. The molecule has 1 atom stereocenters. The van der Waals surface area contributed by atoms with Crippen LogP contribution in [0.5, 0.6) is 11.5 Å². The van der Waals surface area contributed by atoms with E-state index in [0.717, 1.165) is 6.07 Å². The van der Waals surface area contributed by atoms with E-state index in [1.54, 1.807) is 45.0 Å². The van der Waals surface area contributed by atoms with E-state index >= 15 is 4.39 Å². The molecule has 0 unspecified atom stereocenters. The molecule has 0 saturated carbocycles. The highest BCUT2D eigenvalue weighted by atomic mass is 19.1. The molecule has 11 nitrogen and oxygen atoms in total. The Morgan fingerprint density at radius 2 is 1.81 bits per heavy atom. The van der Waals surface area contributed by atoms with Crippen molar-refractivity contribution in [3.05, 3.63) is 53.3 Å². The van der Waals surface area contributed by atoms with Crippen LogP contribution < -0.4 is 25.7 Å². The number of halogens is 1. The third-order valence-electron chi connectivity index (χ3n) is 4.49. The Morgan fingerprint density at radius 3 is 2.44 bits per heavy atom. The number of hydrazone groups is 1. The average Bonchev–Trinajstić information content (AvgIpc) is 2.86. The highest BCUT2D eigenvalue weighted by molar-refractivity contribution is 5.83. The van der Waals surface area contributed by atoms with Crippen molar-refractivity contribution in [2.45, 2.75) is 26.8 Å². The zero-order chi connectivity index (χ0) is 26.3. The number of esters is 1. The molecule has 2 aromatic carbocycles. The van der Waals surface area contributed by atoms with Crippen LogP contribution >= 0.6 is 0 Å². The third kappa shape index (κ3) is 8.62. The first-order chi connectivity index (χ1) is 17.4. The molecule has 0 aliphatic heterocycles. The second-order valence-corrected chi connectivity index (χ2v) is 7.05. The molecular formula is C24H31FN4O7. The molecule has 0 radical (unpaired) electrons. The summed E-state index contributed by atoms with van der Waals surface area (Å²) >= 11 is 0. The number of carbonyl (C=O) groups is 2. The monoisotopic (exact) mass is 506 g/mol. The first-order valence-corrected chi connectivity index (χ1v) is 11.4. The Morgan fingerprint density at radius 1 is 1.08 bits per heavy atom. The molecule has 2 aromatic rings. The van der Waals surface area contributed by atoms with E-state index in [2.05, 4.69) is 26.2 Å². The van der Waals surface area contributed by atoms with Crippen LogP contribution in [0.25, 0.3) is 0 Å². The summed E-state index contributed by atoms with van der Waals surface area (Å²) < 4.78 is 31.2. The summed E-state index contributed by atoms with van der Waals surface area (Å²) in [5.41, 5.74) is 3.33. The number of amides is 1. The third-order valence-corrected chi connectivity index (χ3v) is 4.49.